The third-order valence-corrected chi connectivity index (χ3v) is 3.76. The maximum Gasteiger partial charge on any atom is 3.00 e. The van der Waals surface area contributed by atoms with Crippen LogP contribution in [0.5, 0.6) is 0 Å². The van der Waals surface area contributed by atoms with Crippen LogP contribution in [0.25, 0.3) is 0 Å². The third-order valence-electron chi connectivity index (χ3n) is 3.76. The molecule has 3 rings (SSSR count). The third kappa shape index (κ3) is 11.6. The summed E-state index contributed by atoms with van der Waals surface area (Å²) in [6.45, 7) is 5.52. The average Bonchev–Trinajstić information content (AvgIpc) is 2.69. The summed E-state index contributed by atoms with van der Waals surface area (Å²) in [6, 6.07) is 19.9. The van der Waals surface area contributed by atoms with Gasteiger partial charge in [0.15, 0.2) is 0 Å². The normalized spacial score (nSPS) is 9.00. The van der Waals surface area contributed by atoms with Gasteiger partial charge in [0.2, 0.25) is 0 Å². The van der Waals surface area contributed by atoms with Gasteiger partial charge >= 0.3 is 49.4 Å². The van der Waals surface area contributed by atoms with E-state index in [1.807, 2.05) is 39.0 Å². The number of carboxylic acids is 3. The first-order chi connectivity index (χ1) is 14.1. The van der Waals surface area contributed by atoms with E-state index < -0.39 is 17.9 Å². The Labute approximate surface area is 222 Å². The zero-order valence-corrected chi connectivity index (χ0v) is 19.7. The van der Waals surface area contributed by atoms with Crippen molar-refractivity contribution < 1.29 is 79.1 Å². The molecule has 0 atom stereocenters. The van der Waals surface area contributed by atoms with E-state index in [1.165, 1.54) is 18.2 Å². The Hall–Kier alpha value is -2.35. The van der Waals surface area contributed by atoms with Gasteiger partial charge < -0.3 is 29.7 Å². The minimum Gasteiger partial charge on any atom is -0.545 e. The van der Waals surface area contributed by atoms with E-state index in [1.54, 1.807) is 36.4 Å². The first-order valence-corrected chi connectivity index (χ1v) is 8.94. The number of hydrogen-bond donors (Lipinski definition) is 0. The molecule has 0 radical (unpaired) electrons. The molecule has 0 saturated carbocycles. The Morgan fingerprint density at radius 1 is 0.516 bits per heavy atom. The van der Waals surface area contributed by atoms with E-state index in [-0.39, 0.29) is 66.1 Å². The van der Waals surface area contributed by atoms with Crippen LogP contribution in [0.15, 0.2) is 72.8 Å². The molecule has 6 nitrogen and oxygen atoms in total. The molecule has 0 aliphatic rings. The molecule has 0 aromatic heterocycles. The van der Waals surface area contributed by atoms with Gasteiger partial charge in [-0.1, -0.05) is 89.5 Å². The molecular formula is C24H21EuO6. The zero-order chi connectivity index (χ0) is 22.7. The van der Waals surface area contributed by atoms with Gasteiger partial charge in [-0.15, -0.1) is 0 Å². The summed E-state index contributed by atoms with van der Waals surface area (Å²) in [4.78, 5) is 30.7. The van der Waals surface area contributed by atoms with Crippen LogP contribution in [0, 0.1) is 70.1 Å². The topological polar surface area (TPSA) is 120 Å². The summed E-state index contributed by atoms with van der Waals surface area (Å²) < 4.78 is 0. The summed E-state index contributed by atoms with van der Waals surface area (Å²) in [5.74, 6) is -3.36. The number of carbonyl (C=O) groups excluding carboxylic acids is 3. The Kier molecular flexibility index (Phi) is 13.5. The molecule has 0 bridgehead atoms. The number of hydrogen-bond acceptors (Lipinski definition) is 6. The van der Waals surface area contributed by atoms with Crippen LogP contribution < -0.4 is 15.3 Å². The van der Waals surface area contributed by atoms with E-state index >= 15 is 0 Å². The molecule has 31 heavy (non-hydrogen) atoms. The molecule has 0 unspecified atom stereocenters. The van der Waals surface area contributed by atoms with Crippen LogP contribution in [-0.4, -0.2) is 17.9 Å². The van der Waals surface area contributed by atoms with Gasteiger partial charge in [0, 0.05) is 0 Å². The quantitative estimate of drug-likeness (QED) is 0.476. The molecule has 0 aliphatic carbocycles. The first-order valence-electron chi connectivity index (χ1n) is 8.94. The van der Waals surface area contributed by atoms with E-state index in [4.69, 9.17) is 0 Å². The monoisotopic (exact) mass is 558 g/mol. The maximum atomic E-state index is 10.2. The number of carbonyl (C=O) groups is 3. The molecule has 0 amide bonds. The maximum absolute atomic E-state index is 10.2. The van der Waals surface area contributed by atoms with Crippen molar-refractivity contribution in [3.05, 3.63) is 106 Å². The Morgan fingerprint density at radius 3 is 0.871 bits per heavy atom. The Morgan fingerprint density at radius 2 is 0.742 bits per heavy atom. The van der Waals surface area contributed by atoms with E-state index in [9.17, 15) is 29.7 Å². The van der Waals surface area contributed by atoms with Gasteiger partial charge in [-0.3, -0.25) is 0 Å². The molecule has 0 N–H and O–H groups in total. The fourth-order valence-electron chi connectivity index (χ4n) is 2.32. The van der Waals surface area contributed by atoms with Crippen molar-refractivity contribution in [3.63, 3.8) is 0 Å². The van der Waals surface area contributed by atoms with Gasteiger partial charge in [-0.25, -0.2) is 0 Å². The van der Waals surface area contributed by atoms with Crippen LogP contribution in [0.1, 0.15) is 47.8 Å². The minimum atomic E-state index is -1.12. The van der Waals surface area contributed by atoms with Crippen LogP contribution in [0.2, 0.25) is 0 Å². The number of benzene rings is 3. The van der Waals surface area contributed by atoms with Crippen LogP contribution in [-0.2, 0) is 0 Å². The smallest absolute Gasteiger partial charge is 0.545 e. The molecule has 0 fully saturated rings. The fraction of sp³-hybridized carbons (Fsp3) is 0.125. The van der Waals surface area contributed by atoms with Crippen molar-refractivity contribution in [2.45, 2.75) is 20.8 Å². The second-order valence-corrected chi connectivity index (χ2v) is 6.47. The summed E-state index contributed by atoms with van der Waals surface area (Å²) in [6.07, 6.45) is 0. The second-order valence-electron chi connectivity index (χ2n) is 6.47. The Balaban J connectivity index is 0.000000429. The van der Waals surface area contributed by atoms with Crippen LogP contribution >= 0.6 is 0 Å². The number of aryl methyl sites for hydroxylation is 3. The molecule has 0 spiro atoms. The average molecular weight is 557 g/mol. The van der Waals surface area contributed by atoms with Gasteiger partial charge in [0.25, 0.3) is 0 Å². The van der Waals surface area contributed by atoms with Crippen LogP contribution in [0.4, 0.5) is 0 Å². The molecule has 0 aliphatic heterocycles. The Bertz CT molecular complexity index is 898. The van der Waals surface area contributed by atoms with Gasteiger partial charge in [0.05, 0.1) is 17.9 Å². The standard InChI is InChI=1S/3C8H8O2.Eu/c3*1-6-3-2-4-7(5-6)8(9)10;/h3*2-5H,1H3,(H,9,10);/q;;;+3/p-3. The summed E-state index contributed by atoms with van der Waals surface area (Å²) in [7, 11) is 0. The number of aromatic carboxylic acids is 3. The van der Waals surface area contributed by atoms with Crippen molar-refractivity contribution in [2.24, 2.45) is 0 Å². The summed E-state index contributed by atoms with van der Waals surface area (Å²) >= 11 is 0. The van der Waals surface area contributed by atoms with E-state index in [2.05, 4.69) is 0 Å². The predicted octanol–water partition coefficient (Wildman–Crippen LogP) is 1.08. The second kappa shape index (κ2) is 14.6. The first kappa shape index (κ1) is 28.7. The van der Waals surface area contributed by atoms with Gasteiger partial charge in [0.1, 0.15) is 0 Å². The molecule has 7 heteroatoms. The van der Waals surface area contributed by atoms with Gasteiger partial charge in [-0.05, 0) is 37.5 Å². The molecule has 160 valence electrons. The summed E-state index contributed by atoms with van der Waals surface area (Å²) in [5, 5.41) is 30.7. The zero-order valence-electron chi connectivity index (χ0n) is 17.3. The van der Waals surface area contributed by atoms with Crippen LogP contribution in [0.3, 0.4) is 0 Å². The molecule has 0 heterocycles. The van der Waals surface area contributed by atoms with Gasteiger partial charge in [-0.2, -0.15) is 0 Å². The largest absolute Gasteiger partial charge is 3.00 e. The van der Waals surface area contributed by atoms with Crippen molar-refractivity contribution >= 4 is 17.9 Å². The van der Waals surface area contributed by atoms with E-state index in [0.29, 0.717) is 0 Å². The van der Waals surface area contributed by atoms with Crippen molar-refractivity contribution in [1.82, 2.24) is 0 Å². The number of rotatable bonds is 3. The SMILES string of the molecule is Cc1cccc(C(=O)[O-])c1.Cc1cccc(C(=O)[O-])c1.Cc1cccc(C(=O)[O-])c1.[Eu+3]. The predicted molar refractivity (Wildman–Crippen MR) is 107 cm³/mol. The minimum absolute atomic E-state index is 0. The summed E-state index contributed by atoms with van der Waals surface area (Å²) in [5.41, 5.74) is 3.50. The molecular weight excluding hydrogens is 536 g/mol. The fourth-order valence-corrected chi connectivity index (χ4v) is 2.32. The molecule has 3 aromatic rings. The van der Waals surface area contributed by atoms with E-state index in [0.717, 1.165) is 16.7 Å². The van der Waals surface area contributed by atoms with Crippen molar-refractivity contribution in [1.29, 1.82) is 0 Å². The molecule has 3 aromatic carbocycles. The van der Waals surface area contributed by atoms with Crippen molar-refractivity contribution in [3.8, 4) is 0 Å². The van der Waals surface area contributed by atoms with Crippen molar-refractivity contribution in [2.75, 3.05) is 0 Å². The molecule has 0 saturated heterocycles. The number of carboxylic acid groups (broad SMARTS) is 3.